The molecule has 136 valence electrons. The minimum Gasteiger partial charge on any atom is -0.444 e. The number of nitro groups is 1. The van der Waals surface area contributed by atoms with Gasteiger partial charge >= 0.3 is 11.9 Å². The van der Waals surface area contributed by atoms with E-state index in [1.165, 1.54) is 12.3 Å². The zero-order chi connectivity index (χ0) is 19.1. The van der Waals surface area contributed by atoms with Crippen LogP contribution < -0.4 is 0 Å². The molecule has 0 unspecified atom stereocenters. The van der Waals surface area contributed by atoms with Crippen LogP contribution in [0.3, 0.4) is 0 Å². The van der Waals surface area contributed by atoms with Crippen molar-refractivity contribution in [3.63, 3.8) is 0 Å². The molecule has 7 nitrogen and oxygen atoms in total. The highest BCUT2D eigenvalue weighted by atomic mass is 35.5. The molecular formula is C18H18ClN3O4. The predicted octanol–water partition coefficient (Wildman–Crippen LogP) is 4.56. The van der Waals surface area contributed by atoms with Crippen molar-refractivity contribution in [3.05, 3.63) is 56.7 Å². The van der Waals surface area contributed by atoms with E-state index in [2.05, 4.69) is 4.98 Å². The molecule has 1 aromatic carbocycles. The van der Waals surface area contributed by atoms with Gasteiger partial charge in [-0.1, -0.05) is 23.7 Å². The van der Waals surface area contributed by atoms with Crippen molar-refractivity contribution in [2.75, 3.05) is 0 Å². The molecule has 0 spiro atoms. The first kappa shape index (κ1) is 18.1. The van der Waals surface area contributed by atoms with E-state index in [9.17, 15) is 14.9 Å². The maximum absolute atomic E-state index is 12.3. The first-order valence-corrected chi connectivity index (χ1v) is 8.42. The van der Waals surface area contributed by atoms with Gasteiger partial charge in [0.05, 0.1) is 5.02 Å². The number of nitrogens with zero attached hydrogens (tertiary/aromatic N) is 3. The number of carbonyl (C=O) groups excluding carboxylic acids is 1. The highest BCUT2D eigenvalue weighted by molar-refractivity contribution is 6.33. The van der Waals surface area contributed by atoms with E-state index in [0.717, 1.165) is 16.7 Å². The maximum Gasteiger partial charge on any atom is 0.410 e. The first-order chi connectivity index (χ1) is 12.1. The summed E-state index contributed by atoms with van der Waals surface area (Å²) >= 11 is 6.17. The normalized spacial score (nSPS) is 13.5. The van der Waals surface area contributed by atoms with Crippen molar-refractivity contribution in [1.29, 1.82) is 0 Å². The van der Waals surface area contributed by atoms with E-state index >= 15 is 0 Å². The Labute approximate surface area is 155 Å². The summed E-state index contributed by atoms with van der Waals surface area (Å²) in [5.74, 6) is -0.264. The summed E-state index contributed by atoms with van der Waals surface area (Å²) in [6, 6.07) is 6.98. The number of amides is 1. The number of pyridine rings is 1. The van der Waals surface area contributed by atoms with Gasteiger partial charge in [0.1, 0.15) is 5.60 Å². The van der Waals surface area contributed by atoms with Gasteiger partial charge in [0.2, 0.25) is 0 Å². The molecule has 0 radical (unpaired) electrons. The SMILES string of the molecule is CC(C)(C)OC(=O)N1Cc2ccc(-c3cc([N+](=O)[O-])ncc3Cl)cc2C1. The lowest BCUT2D eigenvalue weighted by Crippen LogP contribution is -2.33. The third-order valence-corrected chi connectivity index (χ3v) is 4.22. The second-order valence-corrected chi connectivity index (χ2v) is 7.51. The molecule has 0 saturated heterocycles. The fraction of sp³-hybridized carbons (Fsp3) is 0.333. The quantitative estimate of drug-likeness (QED) is 0.567. The summed E-state index contributed by atoms with van der Waals surface area (Å²) in [6.07, 6.45) is 0.905. The topological polar surface area (TPSA) is 85.6 Å². The summed E-state index contributed by atoms with van der Waals surface area (Å²) in [5.41, 5.74) is 2.70. The fourth-order valence-corrected chi connectivity index (χ4v) is 2.98. The Hall–Kier alpha value is -2.67. The Morgan fingerprint density at radius 1 is 1.27 bits per heavy atom. The first-order valence-electron chi connectivity index (χ1n) is 8.04. The summed E-state index contributed by atoms with van der Waals surface area (Å²) in [5, 5.41) is 11.3. The second kappa shape index (κ2) is 6.57. The lowest BCUT2D eigenvalue weighted by Gasteiger charge is -2.24. The number of hydrogen-bond donors (Lipinski definition) is 0. The third kappa shape index (κ3) is 3.77. The van der Waals surface area contributed by atoms with Crippen LogP contribution in [-0.4, -0.2) is 26.5 Å². The number of rotatable bonds is 2. The van der Waals surface area contributed by atoms with Gasteiger partial charge in [-0.3, -0.25) is 4.90 Å². The van der Waals surface area contributed by atoms with E-state index in [1.807, 2.05) is 39.0 Å². The molecule has 1 aromatic heterocycles. The van der Waals surface area contributed by atoms with Gasteiger partial charge in [-0.2, -0.15) is 0 Å². The van der Waals surface area contributed by atoms with E-state index in [0.29, 0.717) is 23.7 Å². The van der Waals surface area contributed by atoms with Crippen molar-refractivity contribution in [2.45, 2.75) is 39.5 Å². The van der Waals surface area contributed by atoms with E-state index in [-0.39, 0.29) is 11.9 Å². The Morgan fingerprint density at radius 3 is 2.62 bits per heavy atom. The van der Waals surface area contributed by atoms with Crippen LogP contribution >= 0.6 is 11.6 Å². The lowest BCUT2D eigenvalue weighted by atomic mass is 10.0. The highest BCUT2D eigenvalue weighted by Gasteiger charge is 2.28. The highest BCUT2D eigenvalue weighted by Crippen LogP contribution is 2.34. The smallest absolute Gasteiger partial charge is 0.410 e. The molecule has 2 aromatic rings. The monoisotopic (exact) mass is 375 g/mol. The molecule has 0 atom stereocenters. The molecule has 0 fully saturated rings. The van der Waals surface area contributed by atoms with E-state index in [4.69, 9.17) is 16.3 Å². The standard InChI is InChI=1S/C18H18ClN3O4/c1-18(2,3)26-17(23)21-9-12-5-4-11(6-13(12)10-21)14-7-16(22(24)25)20-8-15(14)19/h4-8H,9-10H2,1-3H3. The summed E-state index contributed by atoms with van der Waals surface area (Å²) in [6.45, 7) is 6.36. The molecule has 2 heterocycles. The molecule has 1 aliphatic rings. The molecular weight excluding hydrogens is 358 g/mol. The third-order valence-electron chi connectivity index (χ3n) is 3.92. The van der Waals surface area contributed by atoms with Gasteiger partial charge in [0, 0.05) is 24.7 Å². The summed E-state index contributed by atoms with van der Waals surface area (Å²) in [7, 11) is 0. The minimum absolute atomic E-state index is 0.264. The molecule has 0 bridgehead atoms. The van der Waals surface area contributed by atoms with E-state index < -0.39 is 10.5 Å². The van der Waals surface area contributed by atoms with Crippen LogP contribution in [0.5, 0.6) is 0 Å². The van der Waals surface area contributed by atoms with Gasteiger partial charge in [-0.25, -0.2) is 4.79 Å². The number of halogens is 1. The van der Waals surface area contributed by atoms with Gasteiger partial charge in [-0.15, -0.1) is 0 Å². The number of carbonyl (C=O) groups is 1. The molecule has 1 aliphatic heterocycles. The van der Waals surface area contributed by atoms with E-state index in [1.54, 1.807) is 4.90 Å². The van der Waals surface area contributed by atoms with Crippen LogP contribution in [0.2, 0.25) is 5.02 Å². The Kier molecular flexibility index (Phi) is 4.58. The molecule has 0 saturated carbocycles. The largest absolute Gasteiger partial charge is 0.444 e. The van der Waals surface area contributed by atoms with Crippen molar-refractivity contribution in [1.82, 2.24) is 9.88 Å². The fourth-order valence-electron chi connectivity index (χ4n) is 2.77. The Balaban J connectivity index is 1.87. The van der Waals surface area contributed by atoms with Crippen molar-refractivity contribution in [2.24, 2.45) is 0 Å². The maximum atomic E-state index is 12.3. The average Bonchev–Trinajstić information content (AvgIpc) is 2.96. The summed E-state index contributed by atoms with van der Waals surface area (Å²) < 4.78 is 5.41. The number of ether oxygens (including phenoxy) is 1. The molecule has 1 amide bonds. The number of benzene rings is 1. The zero-order valence-corrected chi connectivity index (χ0v) is 15.4. The van der Waals surface area contributed by atoms with Gasteiger partial charge < -0.3 is 14.9 Å². The van der Waals surface area contributed by atoms with Crippen molar-refractivity contribution in [3.8, 4) is 11.1 Å². The number of aromatic nitrogens is 1. The number of fused-ring (bicyclic) bond motifs is 1. The van der Waals surface area contributed by atoms with Crippen molar-refractivity contribution >= 4 is 23.5 Å². The van der Waals surface area contributed by atoms with Crippen molar-refractivity contribution < 1.29 is 14.5 Å². The molecule has 0 aliphatic carbocycles. The summed E-state index contributed by atoms with van der Waals surface area (Å²) in [4.78, 5) is 28.0. The number of hydrogen-bond acceptors (Lipinski definition) is 5. The predicted molar refractivity (Wildman–Crippen MR) is 96.8 cm³/mol. The zero-order valence-electron chi connectivity index (χ0n) is 14.7. The second-order valence-electron chi connectivity index (χ2n) is 7.10. The Morgan fingerprint density at radius 2 is 1.96 bits per heavy atom. The van der Waals surface area contributed by atoms with Gasteiger partial charge in [0.15, 0.2) is 6.20 Å². The molecule has 3 rings (SSSR count). The lowest BCUT2D eigenvalue weighted by molar-refractivity contribution is -0.389. The van der Waals surface area contributed by atoms with Crippen LogP contribution in [0.1, 0.15) is 31.9 Å². The minimum atomic E-state index is -0.558. The Bertz CT molecular complexity index is 892. The molecule has 0 N–H and O–H groups in total. The van der Waals surface area contributed by atoms with Gasteiger partial charge in [0.25, 0.3) is 0 Å². The average molecular weight is 376 g/mol. The van der Waals surface area contributed by atoms with Gasteiger partial charge in [-0.05, 0) is 53.4 Å². The molecule has 8 heteroatoms. The van der Waals surface area contributed by atoms with Crippen LogP contribution in [0.4, 0.5) is 10.6 Å². The van der Waals surface area contributed by atoms with Crippen LogP contribution in [0.15, 0.2) is 30.5 Å². The van der Waals surface area contributed by atoms with Crippen LogP contribution in [0, 0.1) is 10.1 Å². The molecule has 26 heavy (non-hydrogen) atoms. The van der Waals surface area contributed by atoms with Crippen LogP contribution in [0.25, 0.3) is 11.1 Å². The van der Waals surface area contributed by atoms with Crippen LogP contribution in [-0.2, 0) is 17.8 Å².